The summed E-state index contributed by atoms with van der Waals surface area (Å²) < 4.78 is 31.4. The van der Waals surface area contributed by atoms with E-state index in [1.165, 1.54) is 0 Å². The van der Waals surface area contributed by atoms with Crippen LogP contribution >= 0.6 is 0 Å². The number of fused-ring (bicyclic) bond motifs is 7. The number of hydrogen-bond acceptors (Lipinski definition) is 3. The van der Waals surface area contributed by atoms with Gasteiger partial charge in [0.15, 0.2) is 9.84 Å². The lowest BCUT2D eigenvalue weighted by Gasteiger charge is -2.27. The Labute approximate surface area is 108 Å². The van der Waals surface area contributed by atoms with Gasteiger partial charge in [0.25, 0.3) is 0 Å². The van der Waals surface area contributed by atoms with Crippen molar-refractivity contribution < 1.29 is 13.2 Å². The number of sulfone groups is 1. The highest BCUT2D eigenvalue weighted by Gasteiger charge is 2.66. The topological polar surface area (TPSA) is 46.7 Å². The van der Waals surface area contributed by atoms with Crippen molar-refractivity contribution >= 4 is 9.84 Å². The molecule has 0 aromatic rings. The van der Waals surface area contributed by atoms with Gasteiger partial charge in [-0.3, -0.25) is 0 Å². The highest BCUT2D eigenvalue weighted by Crippen LogP contribution is 2.59. The van der Waals surface area contributed by atoms with E-state index in [1.54, 1.807) is 0 Å². The number of epoxide rings is 1. The van der Waals surface area contributed by atoms with Crippen LogP contribution in [0.3, 0.4) is 0 Å². The summed E-state index contributed by atoms with van der Waals surface area (Å²) in [6.07, 6.45) is 9.05. The fourth-order valence-corrected chi connectivity index (χ4v) is 8.18. The molecule has 1 saturated heterocycles. The Morgan fingerprint density at radius 2 is 1.83 bits per heavy atom. The summed E-state index contributed by atoms with van der Waals surface area (Å²) in [7, 11) is -2.94. The lowest BCUT2D eigenvalue weighted by Crippen LogP contribution is -2.39. The Hall–Kier alpha value is -0.350. The van der Waals surface area contributed by atoms with Gasteiger partial charge in [0.2, 0.25) is 0 Å². The van der Waals surface area contributed by atoms with Crippen molar-refractivity contribution in [2.75, 3.05) is 0 Å². The molecule has 0 aromatic carbocycles. The molecule has 8 atom stereocenters. The standard InChI is InChI=1S/C14H18O3S/c15-18(16,11-4-7-1-2-8(11)3-7)12-6-9-5-10(12)14-13(9)17-14/h1-2,7-14H,3-6H2/t7-,8+,9+,10-,11-,12+,13+,14-/m1/s1. The van der Waals surface area contributed by atoms with Crippen LogP contribution in [0.2, 0.25) is 0 Å². The highest BCUT2D eigenvalue weighted by molar-refractivity contribution is 7.92. The zero-order chi connectivity index (χ0) is 12.1. The van der Waals surface area contributed by atoms with E-state index < -0.39 is 9.84 Å². The minimum Gasteiger partial charge on any atom is -0.369 e. The van der Waals surface area contributed by atoms with Gasteiger partial charge in [-0.1, -0.05) is 12.2 Å². The third kappa shape index (κ3) is 1.12. The Bertz CT molecular complexity index is 537. The first-order chi connectivity index (χ1) is 8.64. The SMILES string of the molecule is O=S(=O)([C@@H]1C[C@@H]2C=C[C@H]1C2)[C@H]1C[C@@H]2C[C@H]1[C@H]1O[C@@H]21. The molecule has 5 rings (SSSR count). The summed E-state index contributed by atoms with van der Waals surface area (Å²) in [4.78, 5) is 0. The van der Waals surface area contributed by atoms with E-state index in [4.69, 9.17) is 4.74 Å². The van der Waals surface area contributed by atoms with Gasteiger partial charge in [0, 0.05) is 5.92 Å². The lowest BCUT2D eigenvalue weighted by atomic mass is 10.0. The van der Waals surface area contributed by atoms with E-state index in [0.29, 0.717) is 35.9 Å². The molecule has 98 valence electrons. The van der Waals surface area contributed by atoms with E-state index in [2.05, 4.69) is 12.2 Å². The molecule has 0 unspecified atom stereocenters. The molecular formula is C14H18O3S. The first kappa shape index (κ1) is 10.4. The molecular weight excluding hydrogens is 248 g/mol. The van der Waals surface area contributed by atoms with Crippen molar-refractivity contribution in [3.63, 3.8) is 0 Å². The van der Waals surface area contributed by atoms with Gasteiger partial charge in [0.1, 0.15) is 0 Å². The molecule has 0 aromatic heterocycles. The molecule has 0 spiro atoms. The molecule has 0 N–H and O–H groups in total. The van der Waals surface area contributed by atoms with Crippen molar-refractivity contribution in [2.45, 2.75) is 48.4 Å². The largest absolute Gasteiger partial charge is 0.369 e. The Kier molecular flexibility index (Phi) is 1.76. The Morgan fingerprint density at radius 3 is 2.44 bits per heavy atom. The van der Waals surface area contributed by atoms with E-state index in [1.807, 2.05) is 0 Å². The molecule has 5 aliphatic rings. The number of allylic oxidation sites excluding steroid dienone is 2. The summed E-state index contributed by atoms with van der Waals surface area (Å²) in [6.45, 7) is 0. The number of hydrogen-bond donors (Lipinski definition) is 0. The van der Waals surface area contributed by atoms with Crippen molar-refractivity contribution in [3.05, 3.63) is 12.2 Å². The summed E-state index contributed by atoms with van der Waals surface area (Å²) in [5.74, 6) is 1.73. The summed E-state index contributed by atoms with van der Waals surface area (Å²) in [6, 6.07) is 0. The lowest BCUT2D eigenvalue weighted by molar-refractivity contribution is 0.264. The first-order valence-electron chi connectivity index (χ1n) is 7.21. The van der Waals surface area contributed by atoms with E-state index in [0.717, 1.165) is 25.7 Å². The van der Waals surface area contributed by atoms with Crippen molar-refractivity contribution in [1.82, 2.24) is 0 Å². The molecule has 4 aliphatic carbocycles. The normalized spacial score (nSPS) is 59.3. The maximum absolute atomic E-state index is 12.9. The second-order valence-corrected chi connectivity index (χ2v) is 9.30. The molecule has 4 bridgehead atoms. The van der Waals surface area contributed by atoms with Gasteiger partial charge >= 0.3 is 0 Å². The molecule has 18 heavy (non-hydrogen) atoms. The van der Waals surface area contributed by atoms with Crippen molar-refractivity contribution in [3.8, 4) is 0 Å². The number of rotatable bonds is 2. The van der Waals surface area contributed by atoms with Crippen LogP contribution in [0.5, 0.6) is 0 Å². The van der Waals surface area contributed by atoms with E-state index in [9.17, 15) is 8.42 Å². The third-order valence-electron chi connectivity index (χ3n) is 6.10. The fraction of sp³-hybridized carbons (Fsp3) is 0.857. The predicted molar refractivity (Wildman–Crippen MR) is 66.7 cm³/mol. The van der Waals surface area contributed by atoms with E-state index in [-0.39, 0.29) is 10.5 Å². The third-order valence-corrected chi connectivity index (χ3v) is 8.87. The average molecular weight is 266 g/mol. The zero-order valence-electron chi connectivity index (χ0n) is 10.2. The van der Waals surface area contributed by atoms with Crippen molar-refractivity contribution in [1.29, 1.82) is 0 Å². The molecule has 3 nitrogen and oxygen atoms in total. The zero-order valence-corrected chi connectivity index (χ0v) is 11.1. The first-order valence-corrected chi connectivity index (χ1v) is 8.82. The summed E-state index contributed by atoms with van der Waals surface area (Å²) in [5, 5.41) is -0.155. The number of ether oxygens (including phenoxy) is 1. The molecule has 4 heteroatoms. The van der Waals surface area contributed by atoms with Crippen LogP contribution in [0.15, 0.2) is 12.2 Å². The molecule has 3 saturated carbocycles. The van der Waals surface area contributed by atoms with Crippen molar-refractivity contribution in [2.24, 2.45) is 23.7 Å². The Morgan fingerprint density at radius 1 is 0.944 bits per heavy atom. The molecule has 0 amide bonds. The highest BCUT2D eigenvalue weighted by atomic mass is 32.2. The van der Waals surface area contributed by atoms with Gasteiger partial charge in [0.05, 0.1) is 22.7 Å². The van der Waals surface area contributed by atoms with Gasteiger partial charge in [-0.05, 0) is 43.4 Å². The molecule has 0 radical (unpaired) electrons. The van der Waals surface area contributed by atoms with Gasteiger partial charge in [-0.15, -0.1) is 0 Å². The van der Waals surface area contributed by atoms with Gasteiger partial charge < -0.3 is 4.74 Å². The molecule has 1 aliphatic heterocycles. The van der Waals surface area contributed by atoms with Crippen LogP contribution < -0.4 is 0 Å². The molecule has 1 heterocycles. The minimum atomic E-state index is -2.94. The maximum atomic E-state index is 12.9. The van der Waals surface area contributed by atoms with Gasteiger partial charge in [-0.25, -0.2) is 8.42 Å². The second-order valence-electron chi connectivity index (χ2n) is 6.91. The fourth-order valence-electron chi connectivity index (χ4n) is 5.25. The van der Waals surface area contributed by atoms with Gasteiger partial charge in [-0.2, -0.15) is 0 Å². The summed E-state index contributed by atoms with van der Waals surface area (Å²) >= 11 is 0. The van der Waals surface area contributed by atoms with Crippen LogP contribution in [-0.4, -0.2) is 31.1 Å². The van der Waals surface area contributed by atoms with Crippen LogP contribution in [0.4, 0.5) is 0 Å². The quantitative estimate of drug-likeness (QED) is 0.562. The smallest absolute Gasteiger partial charge is 0.157 e. The van der Waals surface area contributed by atoms with Crippen LogP contribution in [0.1, 0.15) is 25.7 Å². The van der Waals surface area contributed by atoms with E-state index >= 15 is 0 Å². The second kappa shape index (κ2) is 3.04. The monoisotopic (exact) mass is 266 g/mol. The van der Waals surface area contributed by atoms with Crippen LogP contribution in [0.25, 0.3) is 0 Å². The minimum absolute atomic E-state index is 0.0750. The Balaban J connectivity index is 1.47. The molecule has 4 fully saturated rings. The maximum Gasteiger partial charge on any atom is 0.157 e. The predicted octanol–water partition coefficient (Wildman–Crippen LogP) is 1.54. The summed E-state index contributed by atoms with van der Waals surface area (Å²) in [5.41, 5.74) is 0. The average Bonchev–Trinajstić information content (AvgIpc) is 2.80. The van der Waals surface area contributed by atoms with Crippen LogP contribution in [-0.2, 0) is 14.6 Å². The van der Waals surface area contributed by atoms with Crippen LogP contribution in [0, 0.1) is 23.7 Å².